The zero-order valence-corrected chi connectivity index (χ0v) is 18.1. The molecule has 0 aromatic heterocycles. The predicted octanol–water partition coefficient (Wildman–Crippen LogP) is 6.25. The molecule has 0 radical (unpaired) electrons. The monoisotopic (exact) mass is 380 g/mol. The average molecular weight is 381 g/mol. The molecule has 3 heteroatoms. The van der Waals surface area contributed by atoms with Crippen LogP contribution in [0.25, 0.3) is 0 Å². The number of Topliss-reactive ketones (excluding diaryl/α,β-unsaturated/α-hetero) is 1. The third-order valence-corrected chi connectivity index (χ3v) is 6.55. The summed E-state index contributed by atoms with van der Waals surface area (Å²) in [7, 11) is 0. The van der Waals surface area contributed by atoms with E-state index in [2.05, 4.69) is 55.2 Å². The minimum absolute atomic E-state index is 0.291. The highest BCUT2D eigenvalue weighted by Crippen LogP contribution is 2.37. The molecule has 2 aliphatic rings. The van der Waals surface area contributed by atoms with E-state index in [1.54, 1.807) is 0 Å². The molecule has 1 aliphatic carbocycles. The summed E-state index contributed by atoms with van der Waals surface area (Å²) in [5.74, 6) is 2.96. The van der Waals surface area contributed by atoms with Gasteiger partial charge in [0.15, 0.2) is 0 Å². The van der Waals surface area contributed by atoms with Gasteiger partial charge in [0.05, 0.1) is 5.71 Å². The van der Waals surface area contributed by atoms with Crippen LogP contribution in [-0.4, -0.2) is 17.2 Å². The number of ketones is 1. The van der Waals surface area contributed by atoms with E-state index in [4.69, 9.17) is 0 Å². The van der Waals surface area contributed by atoms with Crippen molar-refractivity contribution in [3.63, 3.8) is 0 Å². The van der Waals surface area contributed by atoms with Crippen LogP contribution in [0.2, 0.25) is 0 Å². The second kappa shape index (κ2) is 9.62. The molecule has 1 aromatic rings. The summed E-state index contributed by atoms with van der Waals surface area (Å²) in [6.45, 7) is 8.78. The van der Waals surface area contributed by atoms with Crippen molar-refractivity contribution in [2.75, 3.05) is 0 Å². The molecule has 0 bridgehead atoms. The van der Waals surface area contributed by atoms with Crippen molar-refractivity contribution in [1.29, 1.82) is 0 Å². The number of carbonyl (C=O) groups is 1. The van der Waals surface area contributed by atoms with Gasteiger partial charge in [-0.15, -0.1) is 0 Å². The molecule has 1 heterocycles. The summed E-state index contributed by atoms with van der Waals surface area (Å²) in [6.07, 6.45) is 8.88. The number of carbonyl (C=O) groups excluding carboxylic acids is 1. The summed E-state index contributed by atoms with van der Waals surface area (Å²) in [5.41, 5.74) is 4.64. The van der Waals surface area contributed by atoms with Gasteiger partial charge in [0, 0.05) is 30.4 Å². The Morgan fingerprint density at radius 2 is 1.79 bits per heavy atom. The molecule has 1 saturated carbocycles. The van der Waals surface area contributed by atoms with Crippen molar-refractivity contribution in [3.05, 3.63) is 35.4 Å². The molecule has 3 unspecified atom stereocenters. The fourth-order valence-corrected chi connectivity index (χ4v) is 5.02. The Kier molecular flexibility index (Phi) is 7.20. The highest BCUT2D eigenvalue weighted by Gasteiger charge is 2.34. The number of hydrogen-bond donors (Lipinski definition) is 0. The topological polar surface area (TPSA) is 41.8 Å². The first-order valence-corrected chi connectivity index (χ1v) is 11.2. The van der Waals surface area contributed by atoms with Crippen LogP contribution in [0.4, 0.5) is 0 Å². The van der Waals surface area contributed by atoms with Gasteiger partial charge in [-0.05, 0) is 55.6 Å². The van der Waals surface area contributed by atoms with Crippen molar-refractivity contribution in [2.24, 2.45) is 33.9 Å². The Morgan fingerprint density at radius 3 is 2.46 bits per heavy atom. The molecular weight excluding hydrogens is 344 g/mol. The lowest BCUT2D eigenvalue weighted by atomic mass is 9.72. The van der Waals surface area contributed by atoms with Gasteiger partial charge >= 0.3 is 0 Å². The Balaban J connectivity index is 1.75. The standard InChI is InChI=1S/C25H36N2O/c1-5-22(28)16-20-9-12-21(13-10-20)25-24-8-6-7-19(15-17(2)3)11-14-23(24)18(4)26-27-25/h9-10,12-13,17,19,23-24H,5-8,11,14-16H2,1-4H3. The van der Waals surface area contributed by atoms with E-state index in [1.807, 2.05) is 6.92 Å². The molecule has 1 aliphatic heterocycles. The molecular formula is C25H36N2O. The van der Waals surface area contributed by atoms with E-state index < -0.39 is 0 Å². The van der Waals surface area contributed by atoms with Gasteiger partial charge in [-0.25, -0.2) is 0 Å². The van der Waals surface area contributed by atoms with Crippen LogP contribution < -0.4 is 0 Å². The van der Waals surface area contributed by atoms with Gasteiger partial charge in [-0.3, -0.25) is 4.79 Å². The normalized spacial score (nSPS) is 25.4. The smallest absolute Gasteiger partial charge is 0.136 e. The second-order valence-corrected chi connectivity index (χ2v) is 9.21. The first-order chi connectivity index (χ1) is 13.5. The first kappa shape index (κ1) is 21.0. The lowest BCUT2D eigenvalue weighted by Crippen LogP contribution is -2.34. The summed E-state index contributed by atoms with van der Waals surface area (Å²) in [4.78, 5) is 11.7. The van der Waals surface area contributed by atoms with Crippen molar-refractivity contribution in [3.8, 4) is 0 Å². The molecule has 3 atom stereocenters. The molecule has 28 heavy (non-hydrogen) atoms. The molecule has 0 spiro atoms. The highest BCUT2D eigenvalue weighted by molar-refractivity contribution is 6.06. The summed E-state index contributed by atoms with van der Waals surface area (Å²) >= 11 is 0. The van der Waals surface area contributed by atoms with Crippen LogP contribution in [-0.2, 0) is 11.2 Å². The third-order valence-electron chi connectivity index (χ3n) is 6.55. The molecule has 3 rings (SSSR count). The maximum Gasteiger partial charge on any atom is 0.136 e. The zero-order chi connectivity index (χ0) is 20.1. The Labute approximate surface area is 170 Å². The predicted molar refractivity (Wildman–Crippen MR) is 118 cm³/mol. The highest BCUT2D eigenvalue weighted by atomic mass is 16.1. The fraction of sp³-hybridized carbons (Fsp3) is 0.640. The third kappa shape index (κ3) is 5.18. The number of fused-ring (bicyclic) bond motifs is 1. The van der Waals surface area contributed by atoms with Crippen LogP contribution in [0.1, 0.15) is 83.8 Å². The van der Waals surface area contributed by atoms with E-state index in [-0.39, 0.29) is 0 Å². The second-order valence-electron chi connectivity index (χ2n) is 9.21. The maximum atomic E-state index is 11.7. The van der Waals surface area contributed by atoms with Gasteiger partial charge in [-0.1, -0.05) is 57.9 Å². The quantitative estimate of drug-likeness (QED) is 0.575. The van der Waals surface area contributed by atoms with Crippen LogP contribution in [0.15, 0.2) is 34.5 Å². The zero-order valence-electron chi connectivity index (χ0n) is 18.1. The molecule has 1 aromatic carbocycles. The van der Waals surface area contributed by atoms with Crippen LogP contribution >= 0.6 is 0 Å². The van der Waals surface area contributed by atoms with Crippen LogP contribution in [0.3, 0.4) is 0 Å². The molecule has 0 N–H and O–H groups in total. The van der Waals surface area contributed by atoms with Gasteiger partial charge in [0.1, 0.15) is 5.78 Å². The van der Waals surface area contributed by atoms with Crippen molar-refractivity contribution < 1.29 is 4.79 Å². The van der Waals surface area contributed by atoms with Gasteiger partial charge < -0.3 is 0 Å². The molecule has 0 saturated heterocycles. The van der Waals surface area contributed by atoms with E-state index >= 15 is 0 Å². The van der Waals surface area contributed by atoms with E-state index in [0.717, 1.165) is 23.1 Å². The largest absolute Gasteiger partial charge is 0.299 e. The summed E-state index contributed by atoms with van der Waals surface area (Å²) in [5, 5.41) is 9.21. The Hall–Kier alpha value is -1.77. The number of rotatable bonds is 6. The molecule has 3 nitrogen and oxygen atoms in total. The van der Waals surface area contributed by atoms with Crippen LogP contribution in [0, 0.1) is 23.7 Å². The van der Waals surface area contributed by atoms with Crippen LogP contribution in [0.5, 0.6) is 0 Å². The van der Waals surface area contributed by atoms with Gasteiger partial charge in [-0.2, -0.15) is 10.2 Å². The van der Waals surface area contributed by atoms with E-state index in [9.17, 15) is 4.79 Å². The Morgan fingerprint density at radius 1 is 1.04 bits per heavy atom. The lowest BCUT2D eigenvalue weighted by molar-refractivity contribution is -0.118. The summed E-state index contributed by atoms with van der Waals surface area (Å²) in [6, 6.07) is 8.47. The molecule has 152 valence electrons. The first-order valence-electron chi connectivity index (χ1n) is 11.2. The number of nitrogens with zero attached hydrogens (tertiary/aromatic N) is 2. The lowest BCUT2D eigenvalue weighted by Gasteiger charge is -2.34. The van der Waals surface area contributed by atoms with Crippen molar-refractivity contribution in [1.82, 2.24) is 0 Å². The number of hydrogen-bond acceptors (Lipinski definition) is 3. The molecule has 0 amide bonds. The van der Waals surface area contributed by atoms with E-state index in [1.165, 1.54) is 49.8 Å². The van der Waals surface area contributed by atoms with Crippen molar-refractivity contribution in [2.45, 2.75) is 79.1 Å². The SMILES string of the molecule is CCC(=O)Cc1ccc(C2=NN=C(C)C3CCC(CC(C)C)CCCC23)cc1. The maximum absolute atomic E-state index is 11.7. The Bertz CT molecular complexity index is 729. The van der Waals surface area contributed by atoms with Gasteiger partial charge in [0.2, 0.25) is 0 Å². The summed E-state index contributed by atoms with van der Waals surface area (Å²) < 4.78 is 0. The van der Waals surface area contributed by atoms with Crippen molar-refractivity contribution >= 4 is 17.2 Å². The van der Waals surface area contributed by atoms with E-state index in [0.29, 0.717) is 30.5 Å². The minimum atomic E-state index is 0.291. The fourth-order valence-electron chi connectivity index (χ4n) is 5.02. The van der Waals surface area contributed by atoms with Gasteiger partial charge in [0.25, 0.3) is 0 Å². The number of benzene rings is 1. The average Bonchev–Trinajstić information content (AvgIpc) is 2.65. The molecule has 1 fully saturated rings. The minimum Gasteiger partial charge on any atom is -0.299 e.